The van der Waals surface area contributed by atoms with Crippen molar-refractivity contribution in [1.82, 2.24) is 15.1 Å². The number of nitrogens with zero attached hydrogens (tertiary/aromatic N) is 2. The van der Waals surface area contributed by atoms with Crippen molar-refractivity contribution in [3.05, 3.63) is 0 Å². The van der Waals surface area contributed by atoms with E-state index >= 15 is 0 Å². The quantitative estimate of drug-likeness (QED) is 0.705. The van der Waals surface area contributed by atoms with Gasteiger partial charge in [-0.05, 0) is 39.9 Å². The summed E-state index contributed by atoms with van der Waals surface area (Å²) in [5, 5.41) is 3.52. The van der Waals surface area contributed by atoms with Crippen LogP contribution in [0, 0.1) is 0 Å². The maximum absolute atomic E-state index is 11.4. The lowest BCUT2D eigenvalue weighted by atomic mass is 10.0. The Kier molecular flexibility index (Phi) is 7.43. The summed E-state index contributed by atoms with van der Waals surface area (Å²) >= 11 is 0. The third-order valence-electron chi connectivity index (χ3n) is 4.06. The molecule has 1 rings (SSSR count). The van der Waals surface area contributed by atoms with Crippen LogP contribution in [0.5, 0.6) is 0 Å². The van der Waals surface area contributed by atoms with Gasteiger partial charge < -0.3 is 15.1 Å². The standard InChI is InChI=1S/C14H31N3O2S/c1-5-7-15-13(6-10-20(4,18)19)11-14-12-16(2)8-9-17(14)3/h13-15H,5-12H2,1-4H3. The summed E-state index contributed by atoms with van der Waals surface area (Å²) in [6, 6.07) is 0.811. The summed E-state index contributed by atoms with van der Waals surface area (Å²) < 4.78 is 22.7. The zero-order valence-electron chi connectivity index (χ0n) is 13.4. The van der Waals surface area contributed by atoms with Crippen molar-refractivity contribution < 1.29 is 8.42 Å². The second-order valence-corrected chi connectivity index (χ2v) is 8.46. The molecule has 0 radical (unpaired) electrons. The van der Waals surface area contributed by atoms with Gasteiger partial charge >= 0.3 is 0 Å². The first-order chi connectivity index (χ1) is 9.31. The summed E-state index contributed by atoms with van der Waals surface area (Å²) in [7, 11) is 1.46. The van der Waals surface area contributed by atoms with Crippen LogP contribution in [0.25, 0.3) is 0 Å². The monoisotopic (exact) mass is 305 g/mol. The highest BCUT2D eigenvalue weighted by atomic mass is 32.2. The molecule has 6 heteroatoms. The molecule has 5 nitrogen and oxygen atoms in total. The van der Waals surface area contributed by atoms with E-state index in [-0.39, 0.29) is 5.75 Å². The molecule has 1 aliphatic heterocycles. The SMILES string of the molecule is CCCNC(CCS(C)(=O)=O)CC1CN(C)CCN1C. The number of rotatable bonds is 8. The van der Waals surface area contributed by atoms with Crippen molar-refractivity contribution in [3.63, 3.8) is 0 Å². The third-order valence-corrected chi connectivity index (χ3v) is 5.03. The molecule has 1 N–H and O–H groups in total. The third kappa shape index (κ3) is 7.02. The predicted molar refractivity (Wildman–Crippen MR) is 84.9 cm³/mol. The normalized spacial score (nSPS) is 23.9. The van der Waals surface area contributed by atoms with Crippen LogP contribution in [0.2, 0.25) is 0 Å². The molecule has 0 amide bonds. The van der Waals surface area contributed by atoms with Gasteiger partial charge in [0.2, 0.25) is 0 Å². The molecule has 0 saturated carbocycles. The fraction of sp³-hybridized carbons (Fsp3) is 1.00. The van der Waals surface area contributed by atoms with Gasteiger partial charge in [0, 0.05) is 38.0 Å². The van der Waals surface area contributed by atoms with Gasteiger partial charge in [-0.25, -0.2) is 8.42 Å². The Labute approximate surface area is 124 Å². The summed E-state index contributed by atoms with van der Waals surface area (Å²) in [6.45, 7) is 6.37. The van der Waals surface area contributed by atoms with Crippen LogP contribution in [0.15, 0.2) is 0 Å². The fourth-order valence-corrected chi connectivity index (χ4v) is 3.41. The minimum Gasteiger partial charge on any atom is -0.314 e. The van der Waals surface area contributed by atoms with E-state index in [1.165, 1.54) is 6.26 Å². The number of hydrogen-bond donors (Lipinski definition) is 1. The molecule has 120 valence electrons. The van der Waals surface area contributed by atoms with Crippen molar-refractivity contribution >= 4 is 9.84 Å². The van der Waals surface area contributed by atoms with E-state index in [4.69, 9.17) is 0 Å². The first-order valence-corrected chi connectivity index (χ1v) is 9.67. The average Bonchev–Trinajstić information content (AvgIpc) is 2.36. The maximum atomic E-state index is 11.4. The number of likely N-dealkylation sites (N-methyl/N-ethyl adjacent to an activating group) is 2. The lowest BCUT2D eigenvalue weighted by Gasteiger charge is -2.39. The van der Waals surface area contributed by atoms with Crippen LogP contribution < -0.4 is 5.32 Å². The summed E-state index contributed by atoms with van der Waals surface area (Å²) in [4.78, 5) is 4.76. The van der Waals surface area contributed by atoms with E-state index < -0.39 is 9.84 Å². The number of nitrogens with one attached hydrogen (secondary N) is 1. The van der Waals surface area contributed by atoms with Gasteiger partial charge in [0.15, 0.2) is 0 Å². The molecule has 0 bridgehead atoms. The molecule has 0 aromatic rings. The highest BCUT2D eigenvalue weighted by Gasteiger charge is 2.25. The zero-order chi connectivity index (χ0) is 15.2. The molecule has 2 unspecified atom stereocenters. The minimum absolute atomic E-state index is 0.278. The highest BCUT2D eigenvalue weighted by molar-refractivity contribution is 7.90. The van der Waals surface area contributed by atoms with Crippen LogP contribution in [0.3, 0.4) is 0 Å². The second kappa shape index (κ2) is 8.32. The van der Waals surface area contributed by atoms with Crippen molar-refractivity contribution in [3.8, 4) is 0 Å². The van der Waals surface area contributed by atoms with E-state index in [0.717, 1.165) is 39.0 Å². The molecular weight excluding hydrogens is 274 g/mol. The van der Waals surface area contributed by atoms with Gasteiger partial charge in [0.05, 0.1) is 5.75 Å². The van der Waals surface area contributed by atoms with Crippen LogP contribution in [-0.4, -0.2) is 82.6 Å². The van der Waals surface area contributed by atoms with E-state index in [2.05, 4.69) is 36.1 Å². The Balaban J connectivity index is 2.53. The van der Waals surface area contributed by atoms with Crippen molar-refractivity contribution in [2.45, 2.75) is 38.3 Å². The van der Waals surface area contributed by atoms with E-state index in [0.29, 0.717) is 18.5 Å². The van der Waals surface area contributed by atoms with Crippen molar-refractivity contribution in [2.24, 2.45) is 0 Å². The van der Waals surface area contributed by atoms with Crippen LogP contribution in [0.4, 0.5) is 0 Å². The molecular formula is C14H31N3O2S. The van der Waals surface area contributed by atoms with Gasteiger partial charge in [-0.3, -0.25) is 0 Å². The maximum Gasteiger partial charge on any atom is 0.147 e. The molecule has 1 saturated heterocycles. The second-order valence-electron chi connectivity index (χ2n) is 6.20. The molecule has 0 spiro atoms. The minimum atomic E-state index is -2.87. The molecule has 2 atom stereocenters. The molecule has 0 aliphatic carbocycles. The molecule has 1 fully saturated rings. The molecule has 0 aromatic carbocycles. The number of hydrogen-bond acceptors (Lipinski definition) is 5. The predicted octanol–water partition coefficient (Wildman–Crippen LogP) is 0.425. The number of piperazine rings is 1. The van der Waals surface area contributed by atoms with Gasteiger partial charge in [0.1, 0.15) is 9.84 Å². The van der Waals surface area contributed by atoms with Gasteiger partial charge in [-0.15, -0.1) is 0 Å². The lowest BCUT2D eigenvalue weighted by molar-refractivity contribution is 0.101. The first-order valence-electron chi connectivity index (χ1n) is 7.61. The molecule has 20 heavy (non-hydrogen) atoms. The zero-order valence-corrected chi connectivity index (χ0v) is 14.2. The van der Waals surface area contributed by atoms with Gasteiger partial charge in [0.25, 0.3) is 0 Å². The molecule has 1 heterocycles. The largest absolute Gasteiger partial charge is 0.314 e. The van der Waals surface area contributed by atoms with Crippen molar-refractivity contribution in [1.29, 1.82) is 0 Å². The Morgan fingerprint density at radius 3 is 2.60 bits per heavy atom. The summed E-state index contributed by atoms with van der Waals surface area (Å²) in [6.07, 6.45) is 4.14. The van der Waals surface area contributed by atoms with Crippen LogP contribution in [0.1, 0.15) is 26.2 Å². The highest BCUT2D eigenvalue weighted by Crippen LogP contribution is 2.14. The van der Waals surface area contributed by atoms with E-state index in [1.807, 2.05) is 0 Å². The Morgan fingerprint density at radius 2 is 2.00 bits per heavy atom. The van der Waals surface area contributed by atoms with Crippen LogP contribution >= 0.6 is 0 Å². The van der Waals surface area contributed by atoms with Gasteiger partial charge in [-0.2, -0.15) is 0 Å². The Bertz CT molecular complexity index is 373. The lowest BCUT2D eigenvalue weighted by Crippen LogP contribution is -2.52. The topological polar surface area (TPSA) is 52.7 Å². The number of sulfone groups is 1. The molecule has 1 aliphatic rings. The Hall–Kier alpha value is -0.170. The smallest absolute Gasteiger partial charge is 0.147 e. The van der Waals surface area contributed by atoms with Gasteiger partial charge in [-0.1, -0.05) is 6.92 Å². The first kappa shape index (κ1) is 17.9. The molecule has 0 aromatic heterocycles. The summed E-state index contributed by atoms with van der Waals surface area (Å²) in [5.74, 6) is 0.278. The summed E-state index contributed by atoms with van der Waals surface area (Å²) in [5.41, 5.74) is 0. The Morgan fingerprint density at radius 1 is 1.30 bits per heavy atom. The fourth-order valence-electron chi connectivity index (χ4n) is 2.69. The van der Waals surface area contributed by atoms with Crippen LogP contribution in [-0.2, 0) is 9.84 Å². The average molecular weight is 305 g/mol. The van der Waals surface area contributed by atoms with E-state index in [9.17, 15) is 8.42 Å². The van der Waals surface area contributed by atoms with Crippen molar-refractivity contribution in [2.75, 3.05) is 52.3 Å². The van der Waals surface area contributed by atoms with E-state index in [1.54, 1.807) is 0 Å².